The molecule has 190 valence electrons. The standard InChI is InChI=1S/C33H31N3O2/c1-33(2,3)24-17-15-22(16-18-24)27-19-28(27)31(37)35-34-30-26-13-6-7-14-29(26)36(32(30)38)20-23-11-8-10-21-9-4-5-12-25(21)23/h4-18,27-28,38H,19-20H2,1-3H3. The van der Waals surface area contributed by atoms with Gasteiger partial charge in [0.15, 0.2) is 5.69 Å². The van der Waals surface area contributed by atoms with Crippen molar-refractivity contribution in [1.29, 1.82) is 0 Å². The number of hydrogen-bond donors (Lipinski definition) is 1. The molecule has 5 heteroatoms. The van der Waals surface area contributed by atoms with Crippen molar-refractivity contribution in [1.82, 2.24) is 4.57 Å². The average Bonchev–Trinajstić information content (AvgIpc) is 3.68. The van der Waals surface area contributed by atoms with Crippen LogP contribution >= 0.6 is 0 Å². The first-order valence-corrected chi connectivity index (χ1v) is 13.1. The lowest BCUT2D eigenvalue weighted by Crippen LogP contribution is -2.10. The van der Waals surface area contributed by atoms with Crippen LogP contribution in [-0.2, 0) is 16.8 Å². The summed E-state index contributed by atoms with van der Waals surface area (Å²) in [6.45, 7) is 7.06. The van der Waals surface area contributed by atoms with Gasteiger partial charge in [0.25, 0.3) is 5.91 Å². The van der Waals surface area contributed by atoms with Crippen LogP contribution in [0.3, 0.4) is 0 Å². The third-order valence-electron chi connectivity index (χ3n) is 7.69. The Kier molecular flexibility index (Phi) is 5.87. The zero-order valence-electron chi connectivity index (χ0n) is 21.9. The molecule has 1 saturated carbocycles. The van der Waals surface area contributed by atoms with Crippen LogP contribution in [-0.4, -0.2) is 15.6 Å². The Morgan fingerprint density at radius 2 is 1.58 bits per heavy atom. The van der Waals surface area contributed by atoms with Crippen LogP contribution in [0.1, 0.15) is 49.8 Å². The second-order valence-electron chi connectivity index (χ2n) is 11.3. The van der Waals surface area contributed by atoms with Crippen LogP contribution in [0.4, 0.5) is 5.69 Å². The van der Waals surface area contributed by atoms with E-state index in [0.717, 1.165) is 33.7 Å². The summed E-state index contributed by atoms with van der Waals surface area (Å²) in [7, 11) is 0. The molecule has 0 saturated heterocycles. The minimum absolute atomic E-state index is 0.0146. The lowest BCUT2D eigenvalue weighted by molar-refractivity contribution is -0.119. The second-order valence-corrected chi connectivity index (χ2v) is 11.3. The highest BCUT2D eigenvalue weighted by atomic mass is 16.3. The summed E-state index contributed by atoms with van der Waals surface area (Å²) < 4.78 is 1.84. The van der Waals surface area contributed by atoms with Crippen LogP contribution in [0.25, 0.3) is 21.7 Å². The average molecular weight is 502 g/mol. The number of carbonyl (C=O) groups excluding carboxylic acids is 1. The second kappa shape index (κ2) is 9.25. The van der Waals surface area contributed by atoms with Crippen molar-refractivity contribution in [2.45, 2.75) is 45.1 Å². The first-order chi connectivity index (χ1) is 18.3. The molecule has 5 nitrogen and oxygen atoms in total. The van der Waals surface area contributed by atoms with Crippen molar-refractivity contribution < 1.29 is 9.90 Å². The van der Waals surface area contributed by atoms with E-state index in [1.54, 1.807) is 0 Å². The van der Waals surface area contributed by atoms with Gasteiger partial charge in [0.2, 0.25) is 5.88 Å². The van der Waals surface area contributed by atoms with Gasteiger partial charge in [-0.2, -0.15) is 0 Å². The van der Waals surface area contributed by atoms with E-state index in [2.05, 4.69) is 79.5 Å². The van der Waals surface area contributed by atoms with E-state index in [-0.39, 0.29) is 29.0 Å². The van der Waals surface area contributed by atoms with Crippen LogP contribution in [0.15, 0.2) is 101 Å². The molecule has 6 rings (SSSR count). The van der Waals surface area contributed by atoms with Gasteiger partial charge in [-0.3, -0.25) is 4.79 Å². The summed E-state index contributed by atoms with van der Waals surface area (Å²) >= 11 is 0. The Bertz CT molecular complexity index is 1680. The van der Waals surface area contributed by atoms with E-state index < -0.39 is 0 Å². The maximum absolute atomic E-state index is 12.9. The van der Waals surface area contributed by atoms with Crippen molar-refractivity contribution in [3.05, 3.63) is 108 Å². The van der Waals surface area contributed by atoms with Gasteiger partial charge in [0.1, 0.15) is 0 Å². The van der Waals surface area contributed by atoms with Crippen molar-refractivity contribution in [3.63, 3.8) is 0 Å². The topological polar surface area (TPSA) is 66.9 Å². The van der Waals surface area contributed by atoms with Crippen molar-refractivity contribution in [2.24, 2.45) is 16.1 Å². The smallest absolute Gasteiger partial charge is 0.268 e. The van der Waals surface area contributed by atoms with Crippen LogP contribution < -0.4 is 0 Å². The summed E-state index contributed by atoms with van der Waals surface area (Å²) in [4.78, 5) is 12.9. The van der Waals surface area contributed by atoms with Crippen molar-refractivity contribution >= 4 is 33.3 Å². The van der Waals surface area contributed by atoms with Gasteiger partial charge in [-0.1, -0.05) is 106 Å². The highest BCUT2D eigenvalue weighted by molar-refractivity contribution is 5.96. The number of benzene rings is 4. The van der Waals surface area contributed by atoms with Gasteiger partial charge in [0, 0.05) is 11.3 Å². The molecule has 38 heavy (non-hydrogen) atoms. The number of aromatic hydroxyl groups is 1. The number of nitrogens with zero attached hydrogens (tertiary/aromatic N) is 3. The Morgan fingerprint density at radius 1 is 0.895 bits per heavy atom. The van der Waals surface area contributed by atoms with E-state index in [4.69, 9.17) is 0 Å². The molecule has 1 aliphatic carbocycles. The molecular weight excluding hydrogens is 470 g/mol. The molecule has 0 radical (unpaired) electrons. The molecule has 1 aliphatic rings. The molecule has 1 aromatic heterocycles. The van der Waals surface area contributed by atoms with E-state index in [1.165, 1.54) is 11.1 Å². The van der Waals surface area contributed by atoms with Gasteiger partial charge in [-0.25, -0.2) is 0 Å². The fraction of sp³-hybridized carbons (Fsp3) is 0.242. The lowest BCUT2D eigenvalue weighted by Gasteiger charge is -2.19. The normalized spacial score (nSPS) is 17.4. The van der Waals surface area contributed by atoms with Gasteiger partial charge in [0.05, 0.1) is 12.1 Å². The maximum Gasteiger partial charge on any atom is 0.268 e. The van der Waals surface area contributed by atoms with E-state index >= 15 is 0 Å². The van der Waals surface area contributed by atoms with Crippen LogP contribution in [0, 0.1) is 5.92 Å². The van der Waals surface area contributed by atoms with Gasteiger partial charge in [-0.15, -0.1) is 10.2 Å². The van der Waals surface area contributed by atoms with Gasteiger partial charge < -0.3 is 9.67 Å². The molecule has 1 amide bonds. The van der Waals surface area contributed by atoms with Gasteiger partial charge >= 0.3 is 0 Å². The first kappa shape index (κ1) is 24.1. The molecular formula is C33H31N3O2. The van der Waals surface area contributed by atoms with Crippen LogP contribution in [0.2, 0.25) is 0 Å². The third-order valence-corrected chi connectivity index (χ3v) is 7.69. The maximum atomic E-state index is 12.9. The number of para-hydroxylation sites is 1. The minimum atomic E-state index is -0.236. The SMILES string of the molecule is CC(C)(C)c1ccc(C2CC2C(=O)N=Nc2c(O)n(Cc3cccc4ccccc34)c3ccccc23)cc1. The highest BCUT2D eigenvalue weighted by Gasteiger charge is 2.44. The predicted octanol–water partition coefficient (Wildman–Crippen LogP) is 8.26. The Balaban J connectivity index is 1.26. The van der Waals surface area contributed by atoms with E-state index in [9.17, 15) is 9.90 Å². The fourth-order valence-electron chi connectivity index (χ4n) is 5.37. The van der Waals surface area contributed by atoms with Gasteiger partial charge in [-0.05, 0) is 51.3 Å². The van der Waals surface area contributed by atoms with Crippen molar-refractivity contribution in [2.75, 3.05) is 0 Å². The molecule has 2 atom stereocenters. The molecule has 0 aliphatic heterocycles. The molecule has 5 aromatic rings. The quantitative estimate of drug-likeness (QED) is 0.246. The predicted molar refractivity (Wildman–Crippen MR) is 152 cm³/mol. The van der Waals surface area contributed by atoms with Crippen LogP contribution in [0.5, 0.6) is 5.88 Å². The summed E-state index contributed by atoms with van der Waals surface area (Å²) in [6.07, 6.45) is 0.779. The number of rotatable bonds is 5. The lowest BCUT2D eigenvalue weighted by atomic mass is 9.86. The largest absolute Gasteiger partial charge is 0.493 e. The van der Waals surface area contributed by atoms with Crippen molar-refractivity contribution in [3.8, 4) is 5.88 Å². The molecule has 1 heterocycles. The first-order valence-electron chi connectivity index (χ1n) is 13.1. The summed E-state index contributed by atoms with van der Waals surface area (Å²) in [6, 6.07) is 30.7. The molecule has 1 N–H and O–H groups in total. The Morgan fingerprint density at radius 3 is 2.34 bits per heavy atom. The third kappa shape index (κ3) is 4.38. The number of azo groups is 1. The number of carbonyl (C=O) groups is 1. The van der Waals surface area contributed by atoms with E-state index in [0.29, 0.717) is 12.2 Å². The van der Waals surface area contributed by atoms with E-state index in [1.807, 2.05) is 47.0 Å². The zero-order chi connectivity index (χ0) is 26.4. The molecule has 2 unspecified atom stereocenters. The Labute approximate surface area is 222 Å². The number of fused-ring (bicyclic) bond motifs is 2. The summed E-state index contributed by atoms with van der Waals surface area (Å²) in [5.41, 5.74) is 4.82. The number of hydrogen-bond acceptors (Lipinski definition) is 3. The highest BCUT2D eigenvalue weighted by Crippen LogP contribution is 2.49. The zero-order valence-corrected chi connectivity index (χ0v) is 21.9. The molecule has 4 aromatic carbocycles. The molecule has 0 bridgehead atoms. The molecule has 1 fully saturated rings. The summed E-state index contributed by atoms with van der Waals surface area (Å²) in [5, 5.41) is 22.7. The summed E-state index contributed by atoms with van der Waals surface area (Å²) in [5.74, 6) is -0.205. The number of aromatic nitrogens is 1. The minimum Gasteiger partial charge on any atom is -0.493 e. The fourth-order valence-corrected chi connectivity index (χ4v) is 5.37. The monoisotopic (exact) mass is 501 g/mol. The number of amides is 1. The Hall–Kier alpha value is -4.25. The molecule has 0 spiro atoms.